The molecule has 1 aromatic heterocycles. The lowest BCUT2D eigenvalue weighted by molar-refractivity contribution is -0.108. The average molecular weight is 157 g/mol. The Morgan fingerprint density at radius 2 is 2.50 bits per heavy atom. The number of hydrogen-bond acceptors (Lipinski definition) is 3. The lowest BCUT2D eigenvalue weighted by Gasteiger charge is -1.92. The van der Waals surface area contributed by atoms with Crippen molar-refractivity contribution in [2.75, 3.05) is 0 Å². The van der Waals surface area contributed by atoms with Crippen LogP contribution in [0.3, 0.4) is 0 Å². The van der Waals surface area contributed by atoms with Gasteiger partial charge in [-0.1, -0.05) is 11.3 Å². The number of aldehydes is 1. The van der Waals surface area contributed by atoms with Gasteiger partial charge in [-0.3, -0.25) is 4.79 Å². The second-order valence-corrected chi connectivity index (χ2v) is 2.67. The van der Waals surface area contributed by atoms with Gasteiger partial charge in [0.1, 0.15) is 6.29 Å². The summed E-state index contributed by atoms with van der Waals surface area (Å²) >= 11 is 1.15. The number of nitrogens with zero attached hydrogens (tertiary/aromatic N) is 1. The van der Waals surface area contributed by atoms with Crippen molar-refractivity contribution in [3.05, 3.63) is 21.2 Å². The van der Waals surface area contributed by atoms with E-state index in [0.717, 1.165) is 17.6 Å². The van der Waals surface area contributed by atoms with Gasteiger partial charge in [0.15, 0.2) is 0 Å². The van der Waals surface area contributed by atoms with Gasteiger partial charge in [0.05, 0.1) is 0 Å². The molecule has 1 heterocycles. The number of carbonyl (C=O) groups is 1. The Hall–Kier alpha value is -0.900. The first-order valence-corrected chi connectivity index (χ1v) is 3.80. The van der Waals surface area contributed by atoms with E-state index in [0.29, 0.717) is 13.0 Å². The zero-order chi connectivity index (χ0) is 7.40. The Kier molecular flexibility index (Phi) is 2.39. The third kappa shape index (κ3) is 1.54. The highest BCUT2D eigenvalue weighted by Gasteiger charge is 1.93. The lowest BCUT2D eigenvalue weighted by atomic mass is 10.5. The van der Waals surface area contributed by atoms with Gasteiger partial charge in [-0.2, -0.15) is 0 Å². The molecule has 3 nitrogen and oxygen atoms in total. The molecule has 0 aliphatic carbocycles. The zero-order valence-electron chi connectivity index (χ0n) is 5.32. The minimum absolute atomic E-state index is 0.00171. The van der Waals surface area contributed by atoms with Crippen LogP contribution in [-0.4, -0.2) is 10.9 Å². The molecule has 0 amide bonds. The van der Waals surface area contributed by atoms with Crippen molar-refractivity contribution in [3.8, 4) is 0 Å². The van der Waals surface area contributed by atoms with Crippen molar-refractivity contribution < 1.29 is 4.79 Å². The SMILES string of the molecule is O=CCCn1ccsc1=O. The average Bonchev–Trinajstić information content (AvgIpc) is 2.31. The van der Waals surface area contributed by atoms with E-state index in [4.69, 9.17) is 0 Å². The number of rotatable bonds is 3. The number of hydrogen-bond donors (Lipinski definition) is 0. The topological polar surface area (TPSA) is 39.1 Å². The van der Waals surface area contributed by atoms with Gasteiger partial charge in [-0.05, 0) is 0 Å². The highest BCUT2D eigenvalue weighted by molar-refractivity contribution is 7.07. The molecule has 0 aliphatic heterocycles. The largest absolute Gasteiger partial charge is 0.307 e. The second kappa shape index (κ2) is 3.31. The van der Waals surface area contributed by atoms with Crippen LogP contribution in [0.5, 0.6) is 0 Å². The van der Waals surface area contributed by atoms with Crippen molar-refractivity contribution in [1.82, 2.24) is 4.57 Å². The molecule has 54 valence electrons. The van der Waals surface area contributed by atoms with Crippen molar-refractivity contribution in [2.24, 2.45) is 0 Å². The summed E-state index contributed by atoms with van der Waals surface area (Å²) in [5, 5.41) is 1.72. The van der Waals surface area contributed by atoms with E-state index >= 15 is 0 Å². The monoisotopic (exact) mass is 157 g/mol. The Labute approximate surface area is 61.9 Å². The Bertz CT molecular complexity index is 263. The lowest BCUT2D eigenvalue weighted by Crippen LogP contribution is -2.11. The maximum atomic E-state index is 10.8. The molecule has 0 saturated heterocycles. The summed E-state index contributed by atoms with van der Waals surface area (Å²) < 4.78 is 1.53. The van der Waals surface area contributed by atoms with E-state index in [9.17, 15) is 9.59 Å². The fraction of sp³-hybridized carbons (Fsp3) is 0.333. The van der Waals surface area contributed by atoms with Gasteiger partial charge in [0, 0.05) is 24.5 Å². The van der Waals surface area contributed by atoms with E-state index in [1.807, 2.05) is 0 Å². The molecule has 10 heavy (non-hydrogen) atoms. The molecule has 4 heteroatoms. The van der Waals surface area contributed by atoms with Crippen LogP contribution < -0.4 is 4.87 Å². The third-order valence-electron chi connectivity index (χ3n) is 1.13. The predicted molar refractivity (Wildman–Crippen MR) is 39.3 cm³/mol. The van der Waals surface area contributed by atoms with E-state index in [-0.39, 0.29) is 4.87 Å². The maximum Gasteiger partial charge on any atom is 0.307 e. The standard InChI is InChI=1S/C6H7NO2S/c8-4-1-2-7-3-5-10-6(7)9/h3-5H,1-2H2. The molecule has 0 saturated carbocycles. The summed E-state index contributed by atoms with van der Waals surface area (Å²) in [5.41, 5.74) is 0. The van der Waals surface area contributed by atoms with Crippen molar-refractivity contribution in [3.63, 3.8) is 0 Å². The second-order valence-electron chi connectivity index (χ2n) is 1.82. The van der Waals surface area contributed by atoms with Crippen molar-refractivity contribution in [1.29, 1.82) is 0 Å². The van der Waals surface area contributed by atoms with Gasteiger partial charge < -0.3 is 9.36 Å². The molecule has 0 fully saturated rings. The van der Waals surface area contributed by atoms with Gasteiger partial charge in [0.2, 0.25) is 0 Å². The molecule has 0 atom stereocenters. The molecule has 0 aromatic carbocycles. The zero-order valence-corrected chi connectivity index (χ0v) is 6.13. The molecule has 0 unspecified atom stereocenters. The van der Waals surface area contributed by atoms with Crippen LogP contribution in [-0.2, 0) is 11.3 Å². The molecule has 0 bridgehead atoms. The first-order valence-electron chi connectivity index (χ1n) is 2.92. The molecule has 0 N–H and O–H groups in total. The molecular weight excluding hydrogens is 150 g/mol. The minimum Gasteiger partial charge on any atom is -0.306 e. The summed E-state index contributed by atoms with van der Waals surface area (Å²) in [6.45, 7) is 0.506. The fourth-order valence-electron chi connectivity index (χ4n) is 0.648. The Morgan fingerprint density at radius 1 is 1.70 bits per heavy atom. The molecule has 1 rings (SSSR count). The number of thiazole rings is 1. The quantitative estimate of drug-likeness (QED) is 0.599. The van der Waals surface area contributed by atoms with E-state index in [1.165, 1.54) is 4.57 Å². The highest BCUT2D eigenvalue weighted by Crippen LogP contribution is 1.89. The van der Waals surface area contributed by atoms with Crippen LogP contribution in [0.1, 0.15) is 6.42 Å². The number of aromatic nitrogens is 1. The molecule has 0 spiro atoms. The first kappa shape index (κ1) is 7.21. The van der Waals surface area contributed by atoms with Crippen molar-refractivity contribution >= 4 is 17.6 Å². The van der Waals surface area contributed by atoms with E-state index in [2.05, 4.69) is 0 Å². The van der Waals surface area contributed by atoms with Gasteiger partial charge in [-0.15, -0.1) is 0 Å². The third-order valence-corrected chi connectivity index (χ3v) is 1.83. The van der Waals surface area contributed by atoms with Crippen LogP contribution in [0.2, 0.25) is 0 Å². The minimum atomic E-state index is 0.00171. The highest BCUT2D eigenvalue weighted by atomic mass is 32.1. The molecule has 0 aliphatic rings. The molecule has 1 aromatic rings. The van der Waals surface area contributed by atoms with Gasteiger partial charge >= 0.3 is 4.87 Å². The normalized spacial score (nSPS) is 9.60. The first-order chi connectivity index (χ1) is 4.84. The van der Waals surface area contributed by atoms with Crippen molar-refractivity contribution in [2.45, 2.75) is 13.0 Å². The number of aryl methyl sites for hydroxylation is 1. The van der Waals surface area contributed by atoms with E-state index in [1.54, 1.807) is 11.6 Å². The maximum absolute atomic E-state index is 10.8. The van der Waals surface area contributed by atoms with Crippen LogP contribution >= 0.6 is 11.3 Å². The summed E-state index contributed by atoms with van der Waals surface area (Å²) in [6, 6.07) is 0. The smallest absolute Gasteiger partial charge is 0.306 e. The summed E-state index contributed by atoms with van der Waals surface area (Å²) in [6.07, 6.45) is 2.91. The van der Waals surface area contributed by atoms with Crippen LogP contribution in [0, 0.1) is 0 Å². The Morgan fingerprint density at radius 3 is 3.00 bits per heavy atom. The Balaban J connectivity index is 2.65. The molecule has 0 radical (unpaired) electrons. The summed E-state index contributed by atoms with van der Waals surface area (Å²) in [5.74, 6) is 0. The van der Waals surface area contributed by atoms with Gasteiger partial charge in [0.25, 0.3) is 0 Å². The predicted octanol–water partition coefficient (Wildman–Crippen LogP) is 0.499. The van der Waals surface area contributed by atoms with E-state index < -0.39 is 0 Å². The van der Waals surface area contributed by atoms with Crippen LogP contribution in [0.25, 0.3) is 0 Å². The van der Waals surface area contributed by atoms with Gasteiger partial charge in [-0.25, -0.2) is 0 Å². The summed E-state index contributed by atoms with van der Waals surface area (Å²) in [7, 11) is 0. The summed E-state index contributed by atoms with van der Waals surface area (Å²) in [4.78, 5) is 20.7. The molecular formula is C6H7NO2S. The van der Waals surface area contributed by atoms with Crippen LogP contribution in [0.15, 0.2) is 16.4 Å². The number of carbonyl (C=O) groups excluding carboxylic acids is 1. The van der Waals surface area contributed by atoms with Crippen LogP contribution in [0.4, 0.5) is 0 Å². The fourth-order valence-corrected chi connectivity index (χ4v) is 1.26.